The fourth-order valence-corrected chi connectivity index (χ4v) is 5.00. The minimum atomic E-state index is -4.72. The average Bonchev–Trinajstić information content (AvgIpc) is 2.79. The molecule has 0 spiro atoms. The van der Waals surface area contributed by atoms with E-state index in [9.17, 15) is 28.0 Å². The van der Waals surface area contributed by atoms with Crippen molar-refractivity contribution >= 4 is 11.8 Å². The van der Waals surface area contributed by atoms with Gasteiger partial charge in [-0.3, -0.25) is 19.8 Å². The van der Waals surface area contributed by atoms with Gasteiger partial charge in [-0.25, -0.2) is 0 Å². The largest absolute Gasteiger partial charge is 0.573 e. The van der Waals surface area contributed by atoms with Crippen LogP contribution in [0.5, 0.6) is 5.75 Å². The number of piperazine rings is 1. The van der Waals surface area contributed by atoms with Crippen LogP contribution in [0.15, 0.2) is 24.3 Å². The Morgan fingerprint density at radius 3 is 2.42 bits per heavy atom. The fourth-order valence-electron chi connectivity index (χ4n) is 5.00. The highest BCUT2D eigenvalue weighted by atomic mass is 19.4. The number of likely N-dealkylation sites (N-methyl/N-ethyl adjacent to an activating group) is 1. The van der Waals surface area contributed by atoms with Gasteiger partial charge in [-0.2, -0.15) is 5.26 Å². The molecule has 3 heterocycles. The minimum absolute atomic E-state index is 0.0902. The Hall–Kier alpha value is -2.84. The number of nitrogens with one attached hydrogen (secondary N) is 1. The molecule has 2 amide bonds. The first-order chi connectivity index (χ1) is 15.7. The van der Waals surface area contributed by atoms with Crippen LogP contribution in [0.3, 0.4) is 0 Å². The maximum atomic E-state index is 12.9. The Bertz CT molecular complexity index is 925. The quantitative estimate of drug-likeness (QED) is 0.681. The smallest absolute Gasteiger partial charge is 0.406 e. The van der Waals surface area contributed by atoms with Crippen LogP contribution in [0.4, 0.5) is 13.2 Å². The molecule has 0 aliphatic carbocycles. The summed E-state index contributed by atoms with van der Waals surface area (Å²) in [4.78, 5) is 30.8. The number of amides is 2. The van der Waals surface area contributed by atoms with Crippen molar-refractivity contribution in [3.8, 4) is 11.8 Å². The van der Waals surface area contributed by atoms with Crippen LogP contribution >= 0.6 is 0 Å². The topological polar surface area (TPSA) is 88.9 Å². The van der Waals surface area contributed by atoms with Gasteiger partial charge in [-0.15, -0.1) is 13.2 Å². The second kappa shape index (κ2) is 9.19. The van der Waals surface area contributed by atoms with Crippen molar-refractivity contribution in [2.24, 2.45) is 5.92 Å². The molecule has 8 nitrogen and oxygen atoms in total. The van der Waals surface area contributed by atoms with E-state index in [1.807, 2.05) is 0 Å². The van der Waals surface area contributed by atoms with Crippen LogP contribution in [0.2, 0.25) is 0 Å². The predicted octanol–water partition coefficient (Wildman–Crippen LogP) is 1.68. The second-order valence-electron chi connectivity index (χ2n) is 8.81. The summed E-state index contributed by atoms with van der Waals surface area (Å²) < 4.78 is 40.9. The van der Waals surface area contributed by atoms with Crippen LogP contribution in [-0.2, 0) is 16.1 Å². The summed E-state index contributed by atoms with van der Waals surface area (Å²) in [6, 6.07) is 7.74. The third-order valence-electron chi connectivity index (χ3n) is 6.70. The number of nitrogens with zero attached hydrogens (tertiary/aromatic N) is 4. The number of rotatable bonds is 4. The molecule has 0 bridgehead atoms. The van der Waals surface area contributed by atoms with Crippen LogP contribution in [0.25, 0.3) is 0 Å². The molecule has 3 fully saturated rings. The molecule has 3 unspecified atom stereocenters. The molecule has 0 radical (unpaired) electrons. The Morgan fingerprint density at radius 2 is 1.82 bits per heavy atom. The third-order valence-corrected chi connectivity index (χ3v) is 6.70. The SMILES string of the molecule is CN1C(=O)C(=O)N(C2CCN(Cc3ccc(OC(F)(F)F)cc3)CC2)C2NCC(C#N)CC21. The number of carbonyl (C=O) groups is 2. The normalized spacial score (nSPS) is 27.3. The van der Waals surface area contributed by atoms with E-state index in [0.717, 1.165) is 5.56 Å². The fraction of sp³-hybridized carbons (Fsp3) is 0.591. The van der Waals surface area contributed by atoms with Gasteiger partial charge in [0.2, 0.25) is 0 Å². The first kappa shape index (κ1) is 23.3. The monoisotopic (exact) mass is 465 g/mol. The summed E-state index contributed by atoms with van der Waals surface area (Å²) in [5.41, 5.74) is 0.866. The Morgan fingerprint density at radius 1 is 1.15 bits per heavy atom. The summed E-state index contributed by atoms with van der Waals surface area (Å²) in [6.45, 7) is 2.44. The molecular weight excluding hydrogens is 439 g/mol. The zero-order chi connectivity index (χ0) is 23.8. The molecule has 178 valence electrons. The van der Waals surface area contributed by atoms with Crippen molar-refractivity contribution in [3.05, 3.63) is 29.8 Å². The number of halogens is 3. The Kier molecular flexibility index (Phi) is 6.50. The zero-order valence-electron chi connectivity index (χ0n) is 18.2. The van der Waals surface area contributed by atoms with Crippen molar-refractivity contribution < 1.29 is 27.5 Å². The lowest BCUT2D eigenvalue weighted by Gasteiger charge is -2.52. The number of benzene rings is 1. The molecule has 4 rings (SSSR count). The van der Waals surface area contributed by atoms with Gasteiger partial charge in [-0.05, 0) is 37.0 Å². The number of alkyl halides is 3. The number of ether oxygens (including phenoxy) is 1. The summed E-state index contributed by atoms with van der Waals surface area (Å²) in [7, 11) is 1.62. The van der Waals surface area contributed by atoms with Crippen molar-refractivity contribution in [3.63, 3.8) is 0 Å². The van der Waals surface area contributed by atoms with Gasteiger partial charge >= 0.3 is 18.2 Å². The van der Waals surface area contributed by atoms with Gasteiger partial charge < -0.3 is 14.5 Å². The van der Waals surface area contributed by atoms with Gasteiger partial charge in [-0.1, -0.05) is 12.1 Å². The highest BCUT2D eigenvalue weighted by molar-refractivity contribution is 6.35. The second-order valence-corrected chi connectivity index (χ2v) is 8.81. The molecular formula is C22H26F3N5O3. The summed E-state index contributed by atoms with van der Waals surface area (Å²) in [5.74, 6) is -1.51. The van der Waals surface area contributed by atoms with Crippen LogP contribution in [-0.4, -0.2) is 77.8 Å². The van der Waals surface area contributed by atoms with Crippen molar-refractivity contribution in [1.29, 1.82) is 5.26 Å². The van der Waals surface area contributed by atoms with Gasteiger partial charge in [0.25, 0.3) is 0 Å². The molecule has 1 aromatic rings. The standard InChI is InChI=1S/C22H26F3N5O3/c1-28-18-10-15(11-26)12-27-19(18)30(21(32)20(28)31)16-6-8-29(9-7-16)13-14-2-4-17(5-3-14)33-22(23,24)25/h2-5,15-16,18-19,27H,6-10,12-13H2,1H3. The van der Waals surface area contributed by atoms with Gasteiger partial charge in [0.05, 0.1) is 18.0 Å². The Balaban J connectivity index is 1.36. The van der Waals surface area contributed by atoms with E-state index >= 15 is 0 Å². The van der Waals surface area contributed by atoms with E-state index in [1.165, 1.54) is 17.0 Å². The molecule has 1 aromatic carbocycles. The molecule has 1 N–H and O–H groups in total. The molecule has 3 saturated heterocycles. The van der Waals surface area contributed by atoms with Crippen molar-refractivity contribution in [2.45, 2.75) is 50.4 Å². The van der Waals surface area contributed by atoms with Crippen LogP contribution in [0, 0.1) is 17.2 Å². The van der Waals surface area contributed by atoms with E-state index in [1.54, 1.807) is 24.1 Å². The lowest BCUT2D eigenvalue weighted by molar-refractivity contribution is -0.274. The molecule has 33 heavy (non-hydrogen) atoms. The third kappa shape index (κ3) is 5.07. The number of hydrogen-bond acceptors (Lipinski definition) is 6. The summed E-state index contributed by atoms with van der Waals surface area (Å²) in [5, 5.41) is 12.6. The molecule has 11 heteroatoms. The first-order valence-electron chi connectivity index (χ1n) is 11.0. The van der Waals surface area contributed by atoms with E-state index in [-0.39, 0.29) is 29.9 Å². The number of hydrogen-bond donors (Lipinski definition) is 1. The van der Waals surface area contributed by atoms with Gasteiger partial charge in [0, 0.05) is 39.3 Å². The number of nitriles is 1. The minimum Gasteiger partial charge on any atom is -0.406 e. The molecule has 3 aliphatic heterocycles. The predicted molar refractivity (Wildman–Crippen MR) is 110 cm³/mol. The lowest BCUT2D eigenvalue weighted by Crippen LogP contribution is -2.73. The van der Waals surface area contributed by atoms with E-state index in [2.05, 4.69) is 21.0 Å². The van der Waals surface area contributed by atoms with E-state index in [4.69, 9.17) is 0 Å². The van der Waals surface area contributed by atoms with Crippen LogP contribution < -0.4 is 10.1 Å². The van der Waals surface area contributed by atoms with Crippen LogP contribution in [0.1, 0.15) is 24.8 Å². The van der Waals surface area contributed by atoms with E-state index < -0.39 is 18.2 Å². The number of fused-ring (bicyclic) bond motifs is 1. The number of likely N-dealkylation sites (tertiary alicyclic amines) is 1. The maximum absolute atomic E-state index is 12.9. The number of piperidine rings is 2. The molecule has 0 aromatic heterocycles. The van der Waals surface area contributed by atoms with Crippen molar-refractivity contribution in [1.82, 2.24) is 20.0 Å². The molecule has 3 atom stereocenters. The highest BCUT2D eigenvalue weighted by Crippen LogP contribution is 2.31. The van der Waals surface area contributed by atoms with Gasteiger partial charge in [0.15, 0.2) is 0 Å². The van der Waals surface area contributed by atoms with Gasteiger partial charge in [0.1, 0.15) is 11.9 Å². The summed E-state index contributed by atoms with van der Waals surface area (Å²) >= 11 is 0. The Labute approximate surface area is 189 Å². The van der Waals surface area contributed by atoms with E-state index in [0.29, 0.717) is 45.4 Å². The lowest BCUT2D eigenvalue weighted by atomic mass is 9.89. The summed E-state index contributed by atoms with van der Waals surface area (Å²) in [6.07, 6.45) is -3.11. The average molecular weight is 465 g/mol. The molecule has 3 aliphatic rings. The first-order valence-corrected chi connectivity index (χ1v) is 11.0. The van der Waals surface area contributed by atoms with Crippen molar-refractivity contribution in [2.75, 3.05) is 26.7 Å². The maximum Gasteiger partial charge on any atom is 0.573 e. The molecule has 0 saturated carbocycles. The zero-order valence-corrected chi connectivity index (χ0v) is 18.2. The highest BCUT2D eigenvalue weighted by Gasteiger charge is 2.49. The number of carbonyl (C=O) groups excluding carboxylic acids is 2.